The number of ether oxygens (including phenoxy) is 1. The molecular formula is C33H33F2NO4S. The van der Waals surface area contributed by atoms with Crippen molar-refractivity contribution in [2.45, 2.75) is 45.1 Å². The number of halogens is 2. The van der Waals surface area contributed by atoms with Gasteiger partial charge >= 0.3 is 0 Å². The first kappa shape index (κ1) is 28.9. The highest BCUT2D eigenvalue weighted by Crippen LogP contribution is 2.44. The van der Waals surface area contributed by atoms with Crippen molar-refractivity contribution in [3.8, 4) is 22.6 Å². The van der Waals surface area contributed by atoms with Gasteiger partial charge in [0.15, 0.2) is 11.6 Å². The van der Waals surface area contributed by atoms with Crippen molar-refractivity contribution >= 4 is 33.0 Å². The highest BCUT2D eigenvalue weighted by Gasteiger charge is 2.36. The van der Waals surface area contributed by atoms with Crippen molar-refractivity contribution in [1.29, 1.82) is 0 Å². The number of aromatic hydroxyl groups is 1. The van der Waals surface area contributed by atoms with Crippen molar-refractivity contribution < 1.29 is 28.2 Å². The molecule has 41 heavy (non-hydrogen) atoms. The molecule has 8 heteroatoms. The van der Waals surface area contributed by atoms with Gasteiger partial charge in [-0.25, -0.2) is 8.78 Å². The molecule has 214 valence electrons. The van der Waals surface area contributed by atoms with Crippen LogP contribution in [0.15, 0.2) is 54.6 Å². The summed E-state index contributed by atoms with van der Waals surface area (Å²) in [7, 11) is 3.51. The fourth-order valence-corrected chi connectivity index (χ4v) is 7.13. The van der Waals surface area contributed by atoms with E-state index in [1.165, 1.54) is 6.92 Å². The maximum absolute atomic E-state index is 14.6. The lowest BCUT2D eigenvalue weighted by Crippen LogP contribution is -2.35. The van der Waals surface area contributed by atoms with Crippen molar-refractivity contribution in [1.82, 2.24) is 5.32 Å². The third kappa shape index (κ3) is 5.76. The number of nitrogens with one attached hydrogen (secondary N) is 1. The van der Waals surface area contributed by atoms with E-state index in [0.29, 0.717) is 23.8 Å². The van der Waals surface area contributed by atoms with Crippen LogP contribution in [0.4, 0.5) is 8.78 Å². The normalized spacial score (nSPS) is 17.9. The van der Waals surface area contributed by atoms with Gasteiger partial charge in [-0.3, -0.25) is 9.59 Å². The van der Waals surface area contributed by atoms with E-state index in [4.69, 9.17) is 4.74 Å². The number of thiophene rings is 1. The van der Waals surface area contributed by atoms with E-state index < -0.39 is 23.3 Å². The molecule has 0 aliphatic heterocycles. The summed E-state index contributed by atoms with van der Waals surface area (Å²) in [6.07, 6.45) is 3.75. The second kappa shape index (κ2) is 12.1. The molecular weight excluding hydrogens is 544 g/mol. The van der Waals surface area contributed by atoms with Crippen molar-refractivity contribution in [3.63, 3.8) is 0 Å². The van der Waals surface area contributed by atoms with Crippen LogP contribution in [0, 0.1) is 23.5 Å². The van der Waals surface area contributed by atoms with Gasteiger partial charge in [0.2, 0.25) is 0 Å². The minimum atomic E-state index is -0.762. The monoisotopic (exact) mass is 577 g/mol. The van der Waals surface area contributed by atoms with Crippen LogP contribution in [0.5, 0.6) is 11.5 Å². The molecule has 1 heterocycles. The van der Waals surface area contributed by atoms with Crippen LogP contribution in [0.1, 0.15) is 58.2 Å². The third-order valence-corrected chi connectivity index (χ3v) is 9.55. The molecule has 2 N–H and O–H groups in total. The largest absolute Gasteiger partial charge is 0.506 e. The Labute approximate surface area is 242 Å². The molecule has 1 aliphatic carbocycles. The summed E-state index contributed by atoms with van der Waals surface area (Å²) in [5, 5.41) is 14.0. The molecule has 0 amide bonds. The predicted molar refractivity (Wildman–Crippen MR) is 158 cm³/mol. The lowest BCUT2D eigenvalue weighted by Gasteiger charge is -2.33. The molecule has 1 aromatic heterocycles. The van der Waals surface area contributed by atoms with Gasteiger partial charge in [0.1, 0.15) is 28.0 Å². The highest BCUT2D eigenvalue weighted by atomic mass is 32.1. The zero-order chi connectivity index (χ0) is 29.3. The molecule has 1 fully saturated rings. The molecule has 0 bridgehead atoms. The van der Waals surface area contributed by atoms with Gasteiger partial charge in [-0.2, -0.15) is 0 Å². The molecule has 5 nitrogen and oxygen atoms in total. The number of rotatable bonds is 9. The quantitative estimate of drug-likeness (QED) is 0.201. The van der Waals surface area contributed by atoms with Crippen LogP contribution >= 0.6 is 11.3 Å². The number of carbonyl (C=O) groups is 2. The van der Waals surface area contributed by atoms with Crippen molar-refractivity contribution in [2.75, 3.05) is 14.2 Å². The second-order valence-corrected chi connectivity index (χ2v) is 11.8. The van der Waals surface area contributed by atoms with Crippen LogP contribution in [-0.2, 0) is 6.42 Å². The average molecular weight is 578 g/mol. The fraction of sp³-hybridized carbons (Fsp3) is 0.333. The van der Waals surface area contributed by atoms with E-state index in [9.17, 15) is 23.5 Å². The summed E-state index contributed by atoms with van der Waals surface area (Å²) in [6, 6.07) is 15.5. The molecule has 4 aromatic rings. The Hall–Kier alpha value is -3.62. The standard InChI is InChI=1S/C33H33F2NO4S/c1-18(37)20-5-4-6-21(15-20)22-9-14-28(40-3)23(16-22)17-25(19-7-10-24(36-2)11-8-19)30(38)33-31(39)29-26(34)12-13-27(35)32(29)41-33/h4-6,9,12-16,19,24-25,36,39H,7-8,10-11,17H2,1-3H3. The van der Waals surface area contributed by atoms with E-state index in [-0.39, 0.29) is 32.4 Å². The smallest absolute Gasteiger partial charge is 0.180 e. The Kier molecular flexibility index (Phi) is 8.52. The third-order valence-electron chi connectivity index (χ3n) is 8.35. The molecule has 0 radical (unpaired) electrons. The van der Waals surface area contributed by atoms with Crippen LogP contribution < -0.4 is 10.1 Å². The van der Waals surface area contributed by atoms with Gasteiger partial charge in [-0.1, -0.05) is 24.3 Å². The number of carbonyl (C=O) groups excluding carboxylic acids is 2. The number of fused-ring (bicyclic) bond motifs is 1. The molecule has 0 spiro atoms. The molecule has 5 rings (SSSR count). The number of methoxy groups -OCH3 is 1. The Balaban J connectivity index is 1.56. The Morgan fingerprint density at radius 3 is 2.39 bits per heavy atom. The van der Waals surface area contributed by atoms with E-state index in [0.717, 1.165) is 65.8 Å². The lowest BCUT2D eigenvalue weighted by molar-refractivity contribution is 0.0837. The van der Waals surface area contributed by atoms with Crippen LogP contribution in [0.2, 0.25) is 0 Å². The van der Waals surface area contributed by atoms with E-state index in [1.807, 2.05) is 43.4 Å². The predicted octanol–water partition coefficient (Wildman–Crippen LogP) is 7.58. The van der Waals surface area contributed by atoms with Crippen LogP contribution in [0.3, 0.4) is 0 Å². The van der Waals surface area contributed by atoms with Crippen molar-refractivity contribution in [2.24, 2.45) is 11.8 Å². The summed E-state index contributed by atoms with van der Waals surface area (Å²) in [5.74, 6) is -2.18. The molecule has 1 saturated carbocycles. The van der Waals surface area contributed by atoms with Gasteiger partial charge in [-0.05, 0) is 99.0 Å². The number of benzene rings is 3. The summed E-state index contributed by atoms with van der Waals surface area (Å²) < 4.78 is 34.8. The van der Waals surface area contributed by atoms with E-state index >= 15 is 0 Å². The van der Waals surface area contributed by atoms with E-state index in [2.05, 4.69) is 5.32 Å². The Morgan fingerprint density at radius 1 is 1.02 bits per heavy atom. The molecule has 3 aromatic carbocycles. The fourth-order valence-electron chi connectivity index (χ4n) is 6.01. The summed E-state index contributed by atoms with van der Waals surface area (Å²) >= 11 is 0.805. The number of hydrogen-bond donors (Lipinski definition) is 2. The maximum atomic E-state index is 14.6. The highest BCUT2D eigenvalue weighted by molar-refractivity contribution is 7.21. The first-order chi connectivity index (χ1) is 19.7. The first-order valence-electron chi connectivity index (χ1n) is 13.8. The van der Waals surface area contributed by atoms with Gasteiger partial charge in [0.05, 0.1) is 17.2 Å². The van der Waals surface area contributed by atoms with Crippen LogP contribution in [-0.4, -0.2) is 36.9 Å². The number of hydrogen-bond acceptors (Lipinski definition) is 6. The molecule has 1 unspecified atom stereocenters. The van der Waals surface area contributed by atoms with Gasteiger partial charge in [-0.15, -0.1) is 11.3 Å². The second-order valence-electron chi connectivity index (χ2n) is 10.8. The van der Waals surface area contributed by atoms with Gasteiger partial charge < -0.3 is 15.2 Å². The number of ketones is 2. The van der Waals surface area contributed by atoms with Gasteiger partial charge in [0, 0.05) is 17.5 Å². The first-order valence-corrected chi connectivity index (χ1v) is 14.6. The average Bonchev–Trinajstić information content (AvgIpc) is 3.35. The van der Waals surface area contributed by atoms with Crippen molar-refractivity contribution in [3.05, 3.63) is 82.2 Å². The SMILES string of the molecule is CNC1CCC(C(Cc2cc(-c3cccc(C(C)=O)c3)ccc2OC)C(=O)c2sc3c(F)ccc(F)c3c2O)CC1. The Morgan fingerprint density at radius 2 is 1.73 bits per heavy atom. The lowest BCUT2D eigenvalue weighted by atomic mass is 9.73. The van der Waals surface area contributed by atoms with E-state index in [1.54, 1.807) is 13.2 Å². The van der Waals surface area contributed by atoms with Crippen LogP contribution in [0.25, 0.3) is 21.2 Å². The maximum Gasteiger partial charge on any atom is 0.180 e. The number of Topliss-reactive ketones (excluding diaryl/α,β-unsaturated/α-hetero) is 2. The summed E-state index contributed by atoms with van der Waals surface area (Å²) in [5.41, 5.74) is 3.16. The molecule has 1 aliphatic rings. The minimum Gasteiger partial charge on any atom is -0.506 e. The van der Waals surface area contributed by atoms with Gasteiger partial charge in [0.25, 0.3) is 0 Å². The molecule has 0 saturated heterocycles. The zero-order valence-electron chi connectivity index (χ0n) is 23.3. The summed E-state index contributed by atoms with van der Waals surface area (Å²) in [6.45, 7) is 1.53. The topological polar surface area (TPSA) is 75.6 Å². The zero-order valence-corrected chi connectivity index (χ0v) is 24.1. The summed E-state index contributed by atoms with van der Waals surface area (Å²) in [4.78, 5) is 26.2. The minimum absolute atomic E-state index is 0.0146. The Bertz CT molecular complexity index is 1610. The molecule has 1 atom stereocenters.